The van der Waals surface area contributed by atoms with Gasteiger partial charge in [0, 0.05) is 22.4 Å². The molecule has 0 saturated heterocycles. The van der Waals surface area contributed by atoms with Gasteiger partial charge in [-0.15, -0.1) is 0 Å². The molecule has 1 aliphatic rings. The lowest BCUT2D eigenvalue weighted by molar-refractivity contribution is 0.569. The van der Waals surface area contributed by atoms with Gasteiger partial charge in [-0.2, -0.15) is 0 Å². The van der Waals surface area contributed by atoms with Crippen molar-refractivity contribution in [2.45, 2.75) is 64.7 Å². The topological polar surface area (TPSA) is 3.24 Å². The quantitative estimate of drug-likeness (QED) is 0.155. The van der Waals surface area contributed by atoms with Gasteiger partial charge in [-0.05, 0) is 126 Å². The van der Waals surface area contributed by atoms with E-state index in [1.54, 1.807) is 0 Å². The molecule has 0 fully saturated rings. The Hall–Kier alpha value is -6.96. The molecule has 0 heterocycles. The molecule has 0 saturated carbocycles. The molecule has 0 aromatic heterocycles. The third kappa shape index (κ3) is 7.07. The summed E-state index contributed by atoms with van der Waals surface area (Å²) >= 11 is 0. The molecule has 1 nitrogen and oxygen atoms in total. The summed E-state index contributed by atoms with van der Waals surface area (Å²) in [5, 5.41) is 2.49. The summed E-state index contributed by atoms with van der Waals surface area (Å²) < 4.78 is 0. The molecule has 0 N–H and O–H groups in total. The third-order valence-electron chi connectivity index (χ3n) is 13.5. The molecule has 1 aliphatic carbocycles. The SMILES string of the molecule is CC(C)(C)c1cc(-c2cccc3cccc(-c4ccccc4N(c4ccc(-c5ccccc5)cc4)c4ccc5c(c4)C(C)(c4ccccc4)c4ccccc4-5)c23)cc(C(C)(C)C)c1. The highest BCUT2D eigenvalue weighted by molar-refractivity contribution is 6.09. The van der Waals surface area contributed by atoms with Gasteiger partial charge in [0.25, 0.3) is 0 Å². The van der Waals surface area contributed by atoms with E-state index in [4.69, 9.17) is 0 Å². The smallest absolute Gasteiger partial charge is 0.0540 e. The van der Waals surface area contributed by atoms with Gasteiger partial charge in [0.2, 0.25) is 0 Å². The number of benzene rings is 9. The summed E-state index contributed by atoms with van der Waals surface area (Å²) in [7, 11) is 0. The molecular weight excluding hydrogens is 759 g/mol. The van der Waals surface area contributed by atoms with E-state index in [9.17, 15) is 0 Å². The molecule has 1 heteroatoms. The zero-order valence-electron chi connectivity index (χ0n) is 37.6. The van der Waals surface area contributed by atoms with Crippen molar-refractivity contribution in [2.75, 3.05) is 4.90 Å². The molecular formula is C62H55N. The molecule has 1 unspecified atom stereocenters. The first-order valence-corrected chi connectivity index (χ1v) is 22.4. The lowest BCUT2D eigenvalue weighted by atomic mass is 9.74. The standard InChI is InChI=1S/C62H55N/c1-60(2,3)47-38-45(39-48(40-47)61(4,5)6)51-28-18-22-44-23-19-29-55(59(44)51)54-27-15-17-31-58(54)63(49-34-32-43(33-35-49)42-20-10-8-11-21-42)50-36-37-53-52-26-14-16-30-56(52)62(7,57(53)41-50)46-24-12-9-13-25-46/h8-41H,1-7H3. The fourth-order valence-corrected chi connectivity index (χ4v) is 9.91. The first-order valence-electron chi connectivity index (χ1n) is 22.4. The summed E-state index contributed by atoms with van der Waals surface area (Å²) in [6.45, 7) is 16.3. The maximum Gasteiger partial charge on any atom is 0.0540 e. The monoisotopic (exact) mass is 813 g/mol. The average molecular weight is 814 g/mol. The molecule has 0 spiro atoms. The molecule has 0 aliphatic heterocycles. The van der Waals surface area contributed by atoms with Crippen LogP contribution in [0.15, 0.2) is 206 Å². The van der Waals surface area contributed by atoms with Crippen LogP contribution in [0.4, 0.5) is 17.1 Å². The maximum atomic E-state index is 2.48. The fourth-order valence-electron chi connectivity index (χ4n) is 9.91. The van der Waals surface area contributed by atoms with Gasteiger partial charge in [-0.1, -0.05) is 217 Å². The minimum atomic E-state index is -0.330. The Morgan fingerprint density at radius 3 is 1.56 bits per heavy atom. The first kappa shape index (κ1) is 40.1. The Morgan fingerprint density at radius 1 is 0.365 bits per heavy atom. The van der Waals surface area contributed by atoms with E-state index >= 15 is 0 Å². The summed E-state index contributed by atoms with van der Waals surface area (Å²) in [4.78, 5) is 2.48. The van der Waals surface area contributed by atoms with Gasteiger partial charge in [-0.3, -0.25) is 0 Å². The molecule has 0 amide bonds. The minimum Gasteiger partial charge on any atom is -0.310 e. The summed E-state index contributed by atoms with van der Waals surface area (Å²) in [6, 6.07) is 76.8. The predicted molar refractivity (Wildman–Crippen MR) is 270 cm³/mol. The summed E-state index contributed by atoms with van der Waals surface area (Å²) in [5.74, 6) is 0. The van der Waals surface area contributed by atoms with Crippen LogP contribution >= 0.6 is 0 Å². The van der Waals surface area contributed by atoms with Crippen molar-refractivity contribution in [3.8, 4) is 44.5 Å². The molecule has 63 heavy (non-hydrogen) atoms. The first-order chi connectivity index (χ1) is 30.4. The van der Waals surface area contributed by atoms with Gasteiger partial charge in [0.05, 0.1) is 5.69 Å². The van der Waals surface area contributed by atoms with Gasteiger partial charge in [-0.25, -0.2) is 0 Å². The highest BCUT2D eigenvalue weighted by Crippen LogP contribution is 2.54. The Bertz CT molecular complexity index is 3090. The highest BCUT2D eigenvalue weighted by atomic mass is 15.1. The van der Waals surface area contributed by atoms with E-state index in [1.807, 2.05) is 0 Å². The number of fused-ring (bicyclic) bond motifs is 4. The van der Waals surface area contributed by atoms with E-state index in [2.05, 4.69) is 260 Å². The van der Waals surface area contributed by atoms with Crippen molar-refractivity contribution in [2.24, 2.45) is 0 Å². The Morgan fingerprint density at radius 2 is 0.889 bits per heavy atom. The number of rotatable bonds is 7. The lowest BCUT2D eigenvalue weighted by Crippen LogP contribution is -2.22. The molecule has 1 atom stereocenters. The van der Waals surface area contributed by atoms with Crippen LogP contribution in [0.1, 0.15) is 76.3 Å². The van der Waals surface area contributed by atoms with Crippen molar-refractivity contribution < 1.29 is 0 Å². The molecule has 10 rings (SSSR count). The third-order valence-corrected chi connectivity index (χ3v) is 13.5. The van der Waals surface area contributed by atoms with E-state index < -0.39 is 0 Å². The van der Waals surface area contributed by atoms with E-state index in [0.717, 1.165) is 17.1 Å². The lowest BCUT2D eigenvalue weighted by Gasteiger charge is -2.32. The van der Waals surface area contributed by atoms with Gasteiger partial charge in [0.15, 0.2) is 0 Å². The number of para-hydroxylation sites is 1. The highest BCUT2D eigenvalue weighted by Gasteiger charge is 2.41. The van der Waals surface area contributed by atoms with Gasteiger partial charge in [0.1, 0.15) is 0 Å². The van der Waals surface area contributed by atoms with Crippen molar-refractivity contribution in [1.29, 1.82) is 0 Å². The molecule has 9 aromatic rings. The second-order valence-electron chi connectivity index (χ2n) is 19.5. The Labute approximate surface area is 374 Å². The van der Waals surface area contributed by atoms with Crippen LogP contribution < -0.4 is 4.90 Å². The zero-order chi connectivity index (χ0) is 43.5. The van der Waals surface area contributed by atoms with Gasteiger partial charge < -0.3 is 4.90 Å². The van der Waals surface area contributed by atoms with Crippen molar-refractivity contribution >= 4 is 27.8 Å². The number of hydrogen-bond donors (Lipinski definition) is 0. The van der Waals surface area contributed by atoms with Crippen LogP contribution in [-0.2, 0) is 16.2 Å². The van der Waals surface area contributed by atoms with E-state index in [-0.39, 0.29) is 16.2 Å². The number of anilines is 3. The summed E-state index contributed by atoms with van der Waals surface area (Å²) in [6.07, 6.45) is 0. The maximum absolute atomic E-state index is 2.48. The van der Waals surface area contributed by atoms with Crippen molar-refractivity contribution in [3.63, 3.8) is 0 Å². The number of hydrogen-bond acceptors (Lipinski definition) is 1. The number of nitrogens with zero attached hydrogens (tertiary/aromatic N) is 1. The van der Waals surface area contributed by atoms with Crippen molar-refractivity contribution in [1.82, 2.24) is 0 Å². The van der Waals surface area contributed by atoms with Crippen LogP contribution in [0.3, 0.4) is 0 Å². The van der Waals surface area contributed by atoms with Crippen molar-refractivity contribution in [3.05, 3.63) is 234 Å². The Balaban J connectivity index is 1.21. The molecule has 308 valence electrons. The predicted octanol–water partition coefficient (Wildman–Crippen LogP) is 17.2. The van der Waals surface area contributed by atoms with Crippen LogP contribution in [0.25, 0.3) is 55.3 Å². The minimum absolute atomic E-state index is 0.000398. The zero-order valence-corrected chi connectivity index (χ0v) is 37.6. The van der Waals surface area contributed by atoms with Crippen LogP contribution in [0, 0.1) is 0 Å². The van der Waals surface area contributed by atoms with Crippen LogP contribution in [0.5, 0.6) is 0 Å². The van der Waals surface area contributed by atoms with Crippen LogP contribution in [-0.4, -0.2) is 0 Å². The normalized spacial score (nSPS) is 14.7. The van der Waals surface area contributed by atoms with Crippen LogP contribution in [0.2, 0.25) is 0 Å². The second-order valence-corrected chi connectivity index (χ2v) is 19.5. The van der Waals surface area contributed by atoms with E-state index in [1.165, 1.54) is 83.1 Å². The van der Waals surface area contributed by atoms with E-state index in [0.29, 0.717) is 0 Å². The molecule has 0 radical (unpaired) electrons. The molecule has 9 aromatic carbocycles. The molecule has 0 bridgehead atoms. The summed E-state index contributed by atoms with van der Waals surface area (Å²) in [5.41, 5.74) is 19.6. The average Bonchev–Trinajstić information content (AvgIpc) is 3.57. The Kier molecular flexibility index (Phi) is 9.83. The van der Waals surface area contributed by atoms with Gasteiger partial charge >= 0.3 is 0 Å². The second kappa shape index (κ2) is 15.4. The largest absolute Gasteiger partial charge is 0.310 e. The fraction of sp³-hybridized carbons (Fsp3) is 0.161.